The molecule has 2 aromatic carbocycles. The van der Waals surface area contributed by atoms with Crippen molar-refractivity contribution >= 4 is 17.3 Å². The van der Waals surface area contributed by atoms with Gasteiger partial charge in [0.1, 0.15) is 11.8 Å². The maximum atomic E-state index is 12.4. The molecule has 0 aliphatic rings. The molecule has 3 rings (SSSR count). The smallest absolute Gasteiger partial charge is 0.252 e. The Balaban J connectivity index is 1.59. The number of carbonyl (C=O) groups is 1. The van der Waals surface area contributed by atoms with Gasteiger partial charge in [0.25, 0.3) is 5.91 Å². The summed E-state index contributed by atoms with van der Waals surface area (Å²) in [6, 6.07) is 18.8. The summed E-state index contributed by atoms with van der Waals surface area (Å²) in [6.07, 6.45) is 3.85. The average molecular weight is 372 g/mol. The van der Waals surface area contributed by atoms with E-state index in [4.69, 9.17) is 4.74 Å². The number of nitriles is 1. The SMILES string of the molecule is COc1ccc(CCNC(=O)c2cncc(Nc3ccccc3C#N)c2)cc1. The first-order valence-corrected chi connectivity index (χ1v) is 8.82. The number of hydrogen-bond acceptors (Lipinski definition) is 5. The molecule has 0 aliphatic carbocycles. The van der Waals surface area contributed by atoms with Crippen LogP contribution in [0, 0.1) is 11.3 Å². The molecular weight excluding hydrogens is 352 g/mol. The highest BCUT2D eigenvalue weighted by molar-refractivity contribution is 5.94. The van der Waals surface area contributed by atoms with E-state index in [1.807, 2.05) is 30.3 Å². The van der Waals surface area contributed by atoms with Crippen LogP contribution in [0.25, 0.3) is 0 Å². The van der Waals surface area contributed by atoms with E-state index in [-0.39, 0.29) is 5.91 Å². The third-order valence-corrected chi connectivity index (χ3v) is 4.19. The van der Waals surface area contributed by atoms with Crippen molar-refractivity contribution in [2.45, 2.75) is 6.42 Å². The van der Waals surface area contributed by atoms with Gasteiger partial charge in [0.2, 0.25) is 0 Å². The molecule has 2 N–H and O–H groups in total. The molecule has 28 heavy (non-hydrogen) atoms. The van der Waals surface area contributed by atoms with E-state index in [2.05, 4.69) is 21.7 Å². The predicted octanol–water partition coefficient (Wildman–Crippen LogP) is 3.68. The fraction of sp³-hybridized carbons (Fsp3) is 0.136. The maximum Gasteiger partial charge on any atom is 0.252 e. The Morgan fingerprint density at radius 2 is 1.93 bits per heavy atom. The van der Waals surface area contributed by atoms with Gasteiger partial charge in [0, 0.05) is 12.7 Å². The Morgan fingerprint density at radius 1 is 1.14 bits per heavy atom. The Kier molecular flexibility index (Phi) is 6.21. The molecule has 0 saturated carbocycles. The molecule has 0 aliphatic heterocycles. The van der Waals surface area contributed by atoms with Crippen LogP contribution in [0.5, 0.6) is 5.75 Å². The number of nitrogens with zero attached hydrogens (tertiary/aromatic N) is 2. The van der Waals surface area contributed by atoms with Gasteiger partial charge >= 0.3 is 0 Å². The van der Waals surface area contributed by atoms with Crippen molar-refractivity contribution in [3.8, 4) is 11.8 Å². The summed E-state index contributed by atoms with van der Waals surface area (Å²) in [5, 5.41) is 15.2. The Bertz CT molecular complexity index is 994. The number of benzene rings is 2. The topological polar surface area (TPSA) is 87.0 Å². The summed E-state index contributed by atoms with van der Waals surface area (Å²) in [4.78, 5) is 16.5. The number of para-hydroxylation sites is 1. The van der Waals surface area contributed by atoms with Crippen molar-refractivity contribution in [1.82, 2.24) is 10.3 Å². The summed E-state index contributed by atoms with van der Waals surface area (Å²) in [7, 11) is 1.63. The van der Waals surface area contributed by atoms with E-state index in [1.54, 1.807) is 37.6 Å². The van der Waals surface area contributed by atoms with Crippen molar-refractivity contribution in [2.24, 2.45) is 0 Å². The highest BCUT2D eigenvalue weighted by Gasteiger charge is 2.08. The van der Waals surface area contributed by atoms with Crippen LogP contribution in [-0.4, -0.2) is 24.5 Å². The van der Waals surface area contributed by atoms with Crippen LogP contribution in [0.1, 0.15) is 21.5 Å². The second-order valence-electron chi connectivity index (χ2n) is 6.10. The van der Waals surface area contributed by atoms with Gasteiger partial charge in [-0.2, -0.15) is 5.26 Å². The second kappa shape index (κ2) is 9.19. The van der Waals surface area contributed by atoms with Crippen LogP contribution in [0.4, 0.5) is 11.4 Å². The molecule has 1 aromatic heterocycles. The normalized spacial score (nSPS) is 10.0. The van der Waals surface area contributed by atoms with Gasteiger partial charge in [0.15, 0.2) is 0 Å². The number of amides is 1. The number of aromatic nitrogens is 1. The van der Waals surface area contributed by atoms with Crippen molar-refractivity contribution in [2.75, 3.05) is 19.0 Å². The molecule has 3 aromatic rings. The predicted molar refractivity (Wildman–Crippen MR) is 108 cm³/mol. The number of ether oxygens (including phenoxy) is 1. The van der Waals surface area contributed by atoms with E-state index in [9.17, 15) is 10.1 Å². The molecule has 1 amide bonds. The average Bonchev–Trinajstić information content (AvgIpc) is 2.75. The standard InChI is InChI=1S/C22H20N4O2/c1-28-20-8-6-16(7-9-20)10-11-25-22(27)18-12-19(15-24-14-18)26-21-5-3-2-4-17(21)13-23/h2-9,12,14-15,26H,10-11H2,1H3,(H,25,27). The molecule has 0 saturated heterocycles. The van der Waals surface area contributed by atoms with E-state index in [1.165, 1.54) is 6.20 Å². The van der Waals surface area contributed by atoms with Crippen LogP contribution in [0.2, 0.25) is 0 Å². The van der Waals surface area contributed by atoms with Crippen molar-refractivity contribution in [3.63, 3.8) is 0 Å². The van der Waals surface area contributed by atoms with Gasteiger partial charge in [-0.1, -0.05) is 24.3 Å². The largest absolute Gasteiger partial charge is 0.497 e. The molecule has 6 nitrogen and oxygen atoms in total. The minimum atomic E-state index is -0.196. The van der Waals surface area contributed by atoms with E-state index < -0.39 is 0 Å². The fourth-order valence-electron chi connectivity index (χ4n) is 2.69. The number of methoxy groups -OCH3 is 1. The monoisotopic (exact) mass is 372 g/mol. The molecule has 0 radical (unpaired) electrons. The lowest BCUT2D eigenvalue weighted by molar-refractivity contribution is 0.0954. The molecule has 1 heterocycles. The Hall–Kier alpha value is -3.85. The molecular formula is C22H20N4O2. The van der Waals surface area contributed by atoms with E-state index >= 15 is 0 Å². The lowest BCUT2D eigenvalue weighted by Crippen LogP contribution is -2.25. The molecule has 0 bridgehead atoms. The number of hydrogen-bond donors (Lipinski definition) is 2. The van der Waals surface area contributed by atoms with E-state index in [0.717, 1.165) is 17.7 Å². The summed E-state index contributed by atoms with van der Waals surface area (Å²) in [5.74, 6) is 0.611. The maximum absolute atomic E-state index is 12.4. The number of anilines is 2. The first kappa shape index (κ1) is 18.9. The van der Waals surface area contributed by atoms with Crippen LogP contribution in [0.3, 0.4) is 0 Å². The molecule has 0 atom stereocenters. The van der Waals surface area contributed by atoms with Crippen LogP contribution in [-0.2, 0) is 6.42 Å². The number of nitrogens with one attached hydrogen (secondary N) is 2. The van der Waals surface area contributed by atoms with Gasteiger partial charge in [0.05, 0.1) is 35.8 Å². The van der Waals surface area contributed by atoms with Gasteiger partial charge < -0.3 is 15.4 Å². The minimum Gasteiger partial charge on any atom is -0.497 e. The summed E-state index contributed by atoms with van der Waals surface area (Å²) >= 11 is 0. The van der Waals surface area contributed by atoms with Crippen molar-refractivity contribution in [1.29, 1.82) is 5.26 Å². The summed E-state index contributed by atoms with van der Waals surface area (Å²) in [5.41, 5.74) is 3.41. The number of rotatable bonds is 7. The zero-order valence-electron chi connectivity index (χ0n) is 15.5. The summed E-state index contributed by atoms with van der Waals surface area (Å²) < 4.78 is 5.14. The summed E-state index contributed by atoms with van der Waals surface area (Å²) in [6.45, 7) is 0.514. The fourth-order valence-corrected chi connectivity index (χ4v) is 2.69. The first-order chi connectivity index (χ1) is 13.7. The zero-order chi connectivity index (χ0) is 19.8. The highest BCUT2D eigenvalue weighted by Crippen LogP contribution is 2.20. The second-order valence-corrected chi connectivity index (χ2v) is 6.10. The van der Waals surface area contributed by atoms with Crippen molar-refractivity contribution in [3.05, 3.63) is 83.7 Å². The Morgan fingerprint density at radius 3 is 2.68 bits per heavy atom. The van der Waals surface area contributed by atoms with E-state index in [0.29, 0.717) is 29.0 Å². The van der Waals surface area contributed by atoms with Crippen LogP contribution in [0.15, 0.2) is 67.0 Å². The highest BCUT2D eigenvalue weighted by atomic mass is 16.5. The lowest BCUT2D eigenvalue weighted by atomic mass is 10.1. The van der Waals surface area contributed by atoms with Crippen molar-refractivity contribution < 1.29 is 9.53 Å². The minimum absolute atomic E-state index is 0.196. The third-order valence-electron chi connectivity index (χ3n) is 4.19. The van der Waals surface area contributed by atoms with Gasteiger partial charge in [-0.15, -0.1) is 0 Å². The number of carbonyl (C=O) groups excluding carboxylic acids is 1. The number of pyridine rings is 1. The quantitative estimate of drug-likeness (QED) is 0.661. The van der Waals surface area contributed by atoms with Gasteiger partial charge in [-0.25, -0.2) is 0 Å². The molecule has 6 heteroatoms. The molecule has 0 unspecified atom stereocenters. The van der Waals surface area contributed by atoms with Crippen LogP contribution >= 0.6 is 0 Å². The van der Waals surface area contributed by atoms with Crippen LogP contribution < -0.4 is 15.4 Å². The Labute approximate surface area is 163 Å². The third kappa shape index (κ3) is 4.86. The molecule has 140 valence electrons. The van der Waals surface area contributed by atoms with Gasteiger partial charge in [-0.3, -0.25) is 9.78 Å². The zero-order valence-corrected chi connectivity index (χ0v) is 15.5. The lowest BCUT2D eigenvalue weighted by Gasteiger charge is -2.10. The first-order valence-electron chi connectivity index (χ1n) is 8.82. The molecule has 0 spiro atoms. The molecule has 0 fully saturated rings. The van der Waals surface area contributed by atoms with Gasteiger partial charge in [-0.05, 0) is 42.3 Å².